The molecule has 1 saturated heterocycles. The molecule has 3 N–H and O–H groups in total. The number of fused-ring (bicyclic) bond motifs is 2. The van der Waals surface area contributed by atoms with Gasteiger partial charge in [-0.05, 0) is 36.8 Å². The van der Waals surface area contributed by atoms with E-state index < -0.39 is 21.9 Å². The van der Waals surface area contributed by atoms with E-state index in [0.717, 1.165) is 0 Å². The highest BCUT2D eigenvalue weighted by molar-refractivity contribution is 7.89. The van der Waals surface area contributed by atoms with Crippen LogP contribution in [0.3, 0.4) is 0 Å². The molecule has 3 aromatic rings. The molecule has 0 atom stereocenters. The number of nitrogens with one attached hydrogen (secondary N) is 1. The minimum Gasteiger partial charge on any atom is -0.454 e. The number of nitrogens with zero attached hydrogens (tertiary/aromatic N) is 2. The number of benzene rings is 2. The van der Waals surface area contributed by atoms with Gasteiger partial charge in [0.05, 0.1) is 16.0 Å². The molecule has 9 nitrogen and oxygen atoms in total. The van der Waals surface area contributed by atoms with Gasteiger partial charge in [0, 0.05) is 43.1 Å². The lowest BCUT2D eigenvalue weighted by atomic mass is 10.1. The lowest BCUT2D eigenvalue weighted by Crippen LogP contribution is -2.29. The number of carbonyl (C=O) groups excluding carboxylic acids is 1. The Bertz CT molecular complexity index is 1430. The van der Waals surface area contributed by atoms with Gasteiger partial charge in [0.2, 0.25) is 22.7 Å². The second-order valence-electron chi connectivity index (χ2n) is 8.48. The van der Waals surface area contributed by atoms with Crippen molar-refractivity contribution < 1.29 is 31.5 Å². The van der Waals surface area contributed by atoms with Gasteiger partial charge in [-0.15, -0.1) is 0 Å². The highest BCUT2D eigenvalue weighted by Crippen LogP contribution is 2.38. The van der Waals surface area contributed by atoms with Crippen molar-refractivity contribution in [1.82, 2.24) is 4.98 Å². The monoisotopic (exact) mass is 504 g/mol. The Morgan fingerprint density at radius 3 is 2.63 bits per heavy atom. The number of halogens is 2. The first kappa shape index (κ1) is 23.2. The van der Waals surface area contributed by atoms with E-state index in [1.807, 2.05) is 0 Å². The van der Waals surface area contributed by atoms with Crippen molar-refractivity contribution in [2.24, 2.45) is 5.14 Å². The quantitative estimate of drug-likeness (QED) is 0.557. The summed E-state index contributed by atoms with van der Waals surface area (Å²) in [5.74, 6) is -2.08. The van der Waals surface area contributed by atoms with Crippen LogP contribution >= 0.6 is 0 Å². The van der Waals surface area contributed by atoms with Crippen molar-refractivity contribution in [1.29, 1.82) is 0 Å². The first-order valence-electron chi connectivity index (χ1n) is 10.9. The van der Waals surface area contributed by atoms with Crippen molar-refractivity contribution in [3.05, 3.63) is 48.0 Å². The van der Waals surface area contributed by atoms with Gasteiger partial charge < -0.3 is 19.7 Å². The molecule has 35 heavy (non-hydrogen) atoms. The van der Waals surface area contributed by atoms with Crippen LogP contribution in [-0.2, 0) is 10.0 Å². The fraction of sp³-hybridized carbons (Fsp3) is 0.304. The predicted molar refractivity (Wildman–Crippen MR) is 125 cm³/mol. The molecule has 12 heteroatoms. The molecule has 2 aromatic carbocycles. The zero-order valence-electron chi connectivity index (χ0n) is 18.5. The summed E-state index contributed by atoms with van der Waals surface area (Å²) < 4.78 is 62.3. The minimum absolute atomic E-state index is 0.0250. The van der Waals surface area contributed by atoms with E-state index in [2.05, 4.69) is 10.3 Å². The van der Waals surface area contributed by atoms with Gasteiger partial charge in [-0.2, -0.15) is 0 Å². The smallest absolute Gasteiger partial charge is 0.259 e. The third-order valence-corrected chi connectivity index (χ3v) is 6.88. The Morgan fingerprint density at radius 1 is 1.09 bits per heavy atom. The van der Waals surface area contributed by atoms with Gasteiger partial charge in [0.15, 0.2) is 11.5 Å². The van der Waals surface area contributed by atoms with Crippen LogP contribution in [0.5, 0.6) is 11.5 Å². The number of hydrogen-bond donors (Lipinski definition) is 2. The Labute approximate surface area is 199 Å². The number of anilines is 2. The lowest BCUT2D eigenvalue weighted by Gasteiger charge is -2.24. The summed E-state index contributed by atoms with van der Waals surface area (Å²) in [5.41, 5.74) is 0.885. The van der Waals surface area contributed by atoms with Crippen molar-refractivity contribution in [2.75, 3.05) is 30.1 Å². The predicted octanol–water partition coefficient (Wildman–Crippen LogP) is 3.49. The van der Waals surface area contributed by atoms with Crippen LogP contribution in [-0.4, -0.2) is 45.1 Å². The topological polar surface area (TPSA) is 124 Å². The third kappa shape index (κ3) is 4.84. The first-order valence-corrected chi connectivity index (χ1v) is 12.5. The molecule has 0 unspecified atom stereocenters. The molecule has 0 bridgehead atoms. The maximum atomic E-state index is 14.0. The third-order valence-electron chi connectivity index (χ3n) is 5.97. The summed E-state index contributed by atoms with van der Waals surface area (Å²) in [6.07, 6.45) is -0.353. The molecule has 1 aromatic heterocycles. The zero-order valence-corrected chi connectivity index (χ0v) is 19.3. The number of alkyl halides is 2. The Balaban J connectivity index is 1.56. The highest BCUT2D eigenvalue weighted by Gasteiger charge is 2.33. The van der Waals surface area contributed by atoms with Crippen LogP contribution in [0.2, 0.25) is 0 Å². The molecule has 0 radical (unpaired) electrons. The average Bonchev–Trinajstić information content (AvgIpc) is 3.17. The van der Waals surface area contributed by atoms with Gasteiger partial charge >= 0.3 is 0 Å². The molecular formula is C23H22F2N4O5S. The second kappa shape index (κ2) is 8.61. The van der Waals surface area contributed by atoms with Crippen molar-refractivity contribution in [2.45, 2.75) is 30.1 Å². The number of aromatic nitrogens is 1. The number of sulfonamides is 1. The molecule has 1 fully saturated rings. The van der Waals surface area contributed by atoms with Crippen LogP contribution in [0, 0.1) is 0 Å². The Morgan fingerprint density at radius 2 is 1.86 bits per heavy atom. The van der Waals surface area contributed by atoms with Gasteiger partial charge in [-0.25, -0.2) is 27.3 Å². The van der Waals surface area contributed by atoms with Gasteiger partial charge in [0.25, 0.3) is 5.91 Å². The minimum atomic E-state index is -3.97. The Hall–Kier alpha value is -3.51. The van der Waals surface area contributed by atoms with E-state index in [0.29, 0.717) is 28.9 Å². The molecule has 2 aliphatic rings. The summed E-state index contributed by atoms with van der Waals surface area (Å²) in [5, 5.41) is 8.46. The molecule has 5 rings (SSSR count). The van der Waals surface area contributed by atoms with E-state index in [4.69, 9.17) is 14.6 Å². The number of rotatable bonds is 4. The van der Waals surface area contributed by atoms with Gasteiger partial charge in [-0.3, -0.25) is 4.79 Å². The second-order valence-corrected chi connectivity index (χ2v) is 10.0. The molecule has 1 amide bonds. The summed E-state index contributed by atoms with van der Waals surface area (Å²) in [6.45, 7) is 0.393. The average molecular weight is 505 g/mol. The van der Waals surface area contributed by atoms with E-state index in [1.54, 1.807) is 23.1 Å². The number of carbonyl (C=O) groups is 1. The summed E-state index contributed by atoms with van der Waals surface area (Å²) in [4.78, 5) is 19.5. The van der Waals surface area contributed by atoms with Crippen molar-refractivity contribution in [3.63, 3.8) is 0 Å². The number of hydrogen-bond acceptors (Lipinski definition) is 7. The summed E-state index contributed by atoms with van der Waals surface area (Å²) >= 11 is 0. The van der Waals surface area contributed by atoms with Gasteiger partial charge in [0.1, 0.15) is 5.82 Å². The highest BCUT2D eigenvalue weighted by atomic mass is 32.2. The fourth-order valence-corrected chi connectivity index (χ4v) is 4.75. The summed E-state index contributed by atoms with van der Waals surface area (Å²) in [6, 6.07) is 10.5. The maximum absolute atomic E-state index is 14.0. The zero-order chi connectivity index (χ0) is 24.8. The lowest BCUT2D eigenvalue weighted by molar-refractivity contribution is -0.0102. The van der Waals surface area contributed by atoms with Crippen LogP contribution in [0.25, 0.3) is 10.9 Å². The molecule has 3 heterocycles. The summed E-state index contributed by atoms with van der Waals surface area (Å²) in [7, 11) is -3.97. The van der Waals surface area contributed by atoms with Crippen LogP contribution in [0.1, 0.15) is 29.6 Å². The van der Waals surface area contributed by atoms with Crippen LogP contribution in [0.15, 0.2) is 47.4 Å². The van der Waals surface area contributed by atoms with E-state index in [-0.39, 0.29) is 54.6 Å². The SMILES string of the molecule is NS(=O)(=O)c1cccc(NC(=O)c2cc3cc4c(cc3nc2N2CCCC(F)(F)CC2)OCO4)c1. The molecule has 184 valence electrons. The molecule has 0 saturated carbocycles. The normalized spacial score (nSPS) is 17.3. The maximum Gasteiger partial charge on any atom is 0.259 e. The number of pyridine rings is 1. The molecular weight excluding hydrogens is 482 g/mol. The number of primary sulfonamides is 1. The molecule has 2 aliphatic heterocycles. The van der Waals surface area contributed by atoms with Crippen LogP contribution in [0.4, 0.5) is 20.3 Å². The van der Waals surface area contributed by atoms with Crippen molar-refractivity contribution in [3.8, 4) is 11.5 Å². The molecule has 0 aliphatic carbocycles. The van der Waals surface area contributed by atoms with E-state index >= 15 is 0 Å². The first-order chi connectivity index (χ1) is 16.6. The largest absolute Gasteiger partial charge is 0.454 e. The van der Waals surface area contributed by atoms with E-state index in [1.165, 1.54) is 24.3 Å². The van der Waals surface area contributed by atoms with Gasteiger partial charge in [-0.1, -0.05) is 6.07 Å². The fourth-order valence-electron chi connectivity index (χ4n) is 4.19. The van der Waals surface area contributed by atoms with E-state index in [9.17, 15) is 22.0 Å². The number of ether oxygens (including phenoxy) is 2. The number of nitrogens with two attached hydrogens (primary N) is 1. The van der Waals surface area contributed by atoms with Crippen molar-refractivity contribution >= 4 is 38.3 Å². The number of amides is 1. The standard InChI is InChI=1S/C23H22F2N4O5S/c24-23(25)5-2-7-29(8-6-23)21-17(9-14-10-19-20(34-13-33-19)12-18(14)28-21)22(30)27-15-3-1-4-16(11-15)35(26,31)32/h1,3-4,9-12H,2,5-8,13H2,(H,27,30)(H2,26,31,32). The van der Waals surface area contributed by atoms with Crippen LogP contribution < -0.4 is 24.8 Å². The Kier molecular flexibility index (Phi) is 5.72. The molecule has 0 spiro atoms.